The Hall–Kier alpha value is -2.21. The van der Waals surface area contributed by atoms with E-state index in [0.717, 1.165) is 11.8 Å². The van der Waals surface area contributed by atoms with Crippen molar-refractivity contribution < 1.29 is 17.6 Å². The Bertz CT molecular complexity index is 1010. The molecule has 1 amide bonds. The zero-order valence-corrected chi connectivity index (χ0v) is 20.2. The Morgan fingerprint density at radius 2 is 1.77 bits per heavy atom. The number of hydrogen-bond donors (Lipinski definition) is 3. The lowest BCUT2D eigenvalue weighted by Crippen LogP contribution is -2.36. The van der Waals surface area contributed by atoms with Gasteiger partial charge in [0.1, 0.15) is 5.82 Å². The third-order valence-corrected chi connectivity index (χ3v) is 4.97. The molecular formula is C20H26FIN4O3S. The molecule has 0 atom stereocenters. The molecule has 0 aliphatic heterocycles. The van der Waals surface area contributed by atoms with E-state index >= 15 is 0 Å². The number of rotatable bonds is 7. The van der Waals surface area contributed by atoms with Crippen molar-refractivity contribution in [3.05, 3.63) is 70.5 Å². The van der Waals surface area contributed by atoms with E-state index in [0.29, 0.717) is 29.2 Å². The number of benzene rings is 2. The molecular weight excluding hydrogens is 522 g/mol. The molecule has 0 radical (unpaired) electrons. The van der Waals surface area contributed by atoms with Gasteiger partial charge in [-0.3, -0.25) is 9.79 Å². The molecule has 7 nitrogen and oxygen atoms in total. The SMILES string of the molecule is CN=C(NCc1cccc(C(=O)NC)c1)NCc1cc(F)ccc1CS(C)(=O)=O.I. The summed E-state index contributed by atoms with van der Waals surface area (Å²) < 4.78 is 36.9. The molecule has 3 N–H and O–H groups in total. The summed E-state index contributed by atoms with van der Waals surface area (Å²) in [5.74, 6) is -0.306. The van der Waals surface area contributed by atoms with Gasteiger partial charge in [-0.05, 0) is 41.0 Å². The Balaban J connectivity index is 0.00000450. The number of aliphatic imine (C=N–C) groups is 1. The number of amides is 1. The van der Waals surface area contributed by atoms with Crippen molar-refractivity contribution >= 4 is 45.7 Å². The van der Waals surface area contributed by atoms with Crippen LogP contribution in [-0.2, 0) is 28.7 Å². The summed E-state index contributed by atoms with van der Waals surface area (Å²) in [4.78, 5) is 15.9. The second-order valence-electron chi connectivity index (χ2n) is 6.54. The van der Waals surface area contributed by atoms with Crippen LogP contribution in [0.4, 0.5) is 4.39 Å². The van der Waals surface area contributed by atoms with Crippen molar-refractivity contribution in [1.29, 1.82) is 0 Å². The van der Waals surface area contributed by atoms with Crippen LogP contribution in [0.15, 0.2) is 47.5 Å². The topological polar surface area (TPSA) is 99.7 Å². The van der Waals surface area contributed by atoms with Gasteiger partial charge in [0.05, 0.1) is 5.75 Å². The quantitative estimate of drug-likeness (QED) is 0.280. The highest BCUT2D eigenvalue weighted by Crippen LogP contribution is 2.14. The third kappa shape index (κ3) is 8.27. The predicted molar refractivity (Wildman–Crippen MR) is 127 cm³/mol. The second kappa shape index (κ2) is 11.8. The first-order chi connectivity index (χ1) is 13.7. The number of hydrogen-bond acceptors (Lipinski definition) is 4. The number of sulfone groups is 1. The Morgan fingerprint density at radius 3 is 2.40 bits per heavy atom. The maximum atomic E-state index is 13.6. The monoisotopic (exact) mass is 548 g/mol. The molecule has 0 saturated heterocycles. The van der Waals surface area contributed by atoms with Gasteiger partial charge in [-0.2, -0.15) is 0 Å². The van der Waals surface area contributed by atoms with E-state index in [4.69, 9.17) is 0 Å². The fourth-order valence-electron chi connectivity index (χ4n) is 2.73. The molecule has 2 aromatic rings. The number of carbonyl (C=O) groups is 1. The molecule has 2 rings (SSSR count). The van der Waals surface area contributed by atoms with E-state index in [1.54, 1.807) is 32.3 Å². The van der Waals surface area contributed by atoms with Gasteiger partial charge < -0.3 is 16.0 Å². The fraction of sp³-hybridized carbons (Fsp3) is 0.300. The molecule has 2 aromatic carbocycles. The highest BCUT2D eigenvalue weighted by molar-refractivity contribution is 14.0. The molecule has 164 valence electrons. The third-order valence-electron chi connectivity index (χ3n) is 4.13. The minimum Gasteiger partial charge on any atom is -0.355 e. The first-order valence-corrected chi connectivity index (χ1v) is 11.0. The summed E-state index contributed by atoms with van der Waals surface area (Å²) in [6, 6.07) is 11.2. The van der Waals surface area contributed by atoms with Crippen LogP contribution in [-0.4, -0.2) is 40.6 Å². The first-order valence-electron chi connectivity index (χ1n) is 8.92. The van der Waals surface area contributed by atoms with Crippen molar-refractivity contribution in [2.24, 2.45) is 4.99 Å². The van der Waals surface area contributed by atoms with Crippen molar-refractivity contribution in [3.8, 4) is 0 Å². The fourth-order valence-corrected chi connectivity index (χ4v) is 3.58. The number of nitrogens with one attached hydrogen (secondary N) is 3. The van der Waals surface area contributed by atoms with Gasteiger partial charge >= 0.3 is 0 Å². The normalized spacial score (nSPS) is 11.4. The Labute approximate surface area is 193 Å². The first kappa shape index (κ1) is 25.8. The van der Waals surface area contributed by atoms with E-state index < -0.39 is 15.7 Å². The van der Waals surface area contributed by atoms with Crippen LogP contribution in [0.2, 0.25) is 0 Å². The van der Waals surface area contributed by atoms with Crippen LogP contribution in [0.25, 0.3) is 0 Å². The zero-order valence-electron chi connectivity index (χ0n) is 17.0. The second-order valence-corrected chi connectivity index (χ2v) is 8.68. The summed E-state index contributed by atoms with van der Waals surface area (Å²) in [5.41, 5.74) is 2.52. The van der Waals surface area contributed by atoms with Gasteiger partial charge in [0.2, 0.25) is 0 Å². The van der Waals surface area contributed by atoms with Crippen molar-refractivity contribution in [2.75, 3.05) is 20.4 Å². The molecule has 0 aliphatic rings. The molecule has 0 spiro atoms. The van der Waals surface area contributed by atoms with Gasteiger partial charge in [-0.25, -0.2) is 12.8 Å². The van der Waals surface area contributed by atoms with Crippen LogP contribution in [0.3, 0.4) is 0 Å². The van der Waals surface area contributed by atoms with Crippen molar-refractivity contribution in [2.45, 2.75) is 18.8 Å². The molecule has 0 unspecified atom stereocenters. The lowest BCUT2D eigenvalue weighted by Gasteiger charge is -2.14. The van der Waals surface area contributed by atoms with Crippen LogP contribution < -0.4 is 16.0 Å². The van der Waals surface area contributed by atoms with E-state index in [9.17, 15) is 17.6 Å². The van der Waals surface area contributed by atoms with E-state index in [1.807, 2.05) is 6.07 Å². The number of carbonyl (C=O) groups excluding carboxylic acids is 1. The van der Waals surface area contributed by atoms with Crippen LogP contribution in [0.1, 0.15) is 27.0 Å². The number of halogens is 2. The number of guanidine groups is 1. The summed E-state index contributed by atoms with van der Waals surface area (Å²) in [6.45, 7) is 0.629. The molecule has 0 saturated carbocycles. The van der Waals surface area contributed by atoms with Crippen LogP contribution >= 0.6 is 24.0 Å². The summed E-state index contributed by atoms with van der Waals surface area (Å²) in [7, 11) is -0.0756. The molecule has 10 heteroatoms. The van der Waals surface area contributed by atoms with E-state index in [-0.39, 0.29) is 42.2 Å². The molecule has 0 aliphatic carbocycles. The molecule has 0 heterocycles. The van der Waals surface area contributed by atoms with Gasteiger partial charge in [-0.15, -0.1) is 24.0 Å². The average Bonchev–Trinajstić information content (AvgIpc) is 2.68. The van der Waals surface area contributed by atoms with E-state index in [1.165, 1.54) is 18.2 Å². The summed E-state index contributed by atoms with van der Waals surface area (Å²) >= 11 is 0. The highest BCUT2D eigenvalue weighted by Gasteiger charge is 2.11. The molecule has 0 fully saturated rings. The smallest absolute Gasteiger partial charge is 0.251 e. The van der Waals surface area contributed by atoms with Gasteiger partial charge in [-0.1, -0.05) is 18.2 Å². The molecule has 0 aromatic heterocycles. The highest BCUT2D eigenvalue weighted by atomic mass is 127. The Morgan fingerprint density at radius 1 is 1.07 bits per heavy atom. The van der Waals surface area contributed by atoms with E-state index in [2.05, 4.69) is 20.9 Å². The average molecular weight is 548 g/mol. The maximum Gasteiger partial charge on any atom is 0.251 e. The van der Waals surface area contributed by atoms with Crippen molar-refractivity contribution in [3.63, 3.8) is 0 Å². The number of nitrogens with zero attached hydrogens (tertiary/aromatic N) is 1. The van der Waals surface area contributed by atoms with Crippen LogP contribution in [0.5, 0.6) is 0 Å². The Kier molecular flexibility index (Phi) is 10.2. The summed E-state index contributed by atoms with van der Waals surface area (Å²) in [6.07, 6.45) is 1.14. The lowest BCUT2D eigenvalue weighted by molar-refractivity contribution is 0.0963. The maximum absolute atomic E-state index is 13.6. The standard InChI is InChI=1S/C20H25FN4O3S.HI/c1-22-19(26)15-6-4-5-14(9-15)11-24-20(23-2)25-12-17-10-18(21)8-7-16(17)13-29(3,27)28;/h4-10H,11-13H2,1-3H3,(H,22,26)(H2,23,24,25);1H. The summed E-state index contributed by atoms with van der Waals surface area (Å²) in [5, 5.41) is 8.75. The zero-order chi connectivity index (χ0) is 21.4. The molecule has 0 bridgehead atoms. The minimum absolute atomic E-state index is 0. The lowest BCUT2D eigenvalue weighted by atomic mass is 10.1. The van der Waals surface area contributed by atoms with Gasteiger partial charge in [0.15, 0.2) is 15.8 Å². The predicted octanol–water partition coefficient (Wildman–Crippen LogP) is 2.21. The largest absolute Gasteiger partial charge is 0.355 e. The molecule has 30 heavy (non-hydrogen) atoms. The van der Waals surface area contributed by atoms with Crippen molar-refractivity contribution in [1.82, 2.24) is 16.0 Å². The van der Waals surface area contributed by atoms with Gasteiger partial charge in [0.25, 0.3) is 5.91 Å². The minimum atomic E-state index is -3.25. The van der Waals surface area contributed by atoms with Crippen LogP contribution in [0, 0.1) is 5.82 Å². The van der Waals surface area contributed by atoms with Gasteiger partial charge in [0, 0.05) is 39.0 Å².